The van der Waals surface area contributed by atoms with Crippen LogP contribution in [-0.4, -0.2) is 5.78 Å². The fourth-order valence-corrected chi connectivity index (χ4v) is 2.83. The van der Waals surface area contributed by atoms with Crippen LogP contribution in [0.2, 0.25) is 0 Å². The topological polar surface area (TPSA) is 30.2 Å². The van der Waals surface area contributed by atoms with E-state index in [4.69, 9.17) is 4.42 Å². The molecule has 0 saturated carbocycles. The first-order valence-corrected chi connectivity index (χ1v) is 6.81. The molecule has 2 heterocycles. The van der Waals surface area contributed by atoms with E-state index in [0.717, 1.165) is 11.3 Å². The van der Waals surface area contributed by atoms with E-state index in [1.807, 2.05) is 13.0 Å². The molecule has 0 bridgehead atoms. The van der Waals surface area contributed by atoms with Crippen LogP contribution >= 0.6 is 11.3 Å². The lowest BCUT2D eigenvalue weighted by atomic mass is 10.2. The summed E-state index contributed by atoms with van der Waals surface area (Å²) in [4.78, 5) is 14.1. The van der Waals surface area contributed by atoms with Gasteiger partial charge >= 0.3 is 0 Å². The number of fused-ring (bicyclic) bond motifs is 1. The van der Waals surface area contributed by atoms with Crippen molar-refractivity contribution in [3.05, 3.63) is 57.7 Å². The Kier molecular flexibility index (Phi) is 2.95. The lowest BCUT2D eigenvalue weighted by Gasteiger charge is -1.91. The van der Waals surface area contributed by atoms with E-state index in [2.05, 4.69) is 0 Å². The van der Waals surface area contributed by atoms with Crippen LogP contribution in [0.4, 0.5) is 4.39 Å². The monoisotopic (exact) mass is 274 g/mol. The third-order valence-corrected chi connectivity index (χ3v) is 4.16. The van der Waals surface area contributed by atoms with Gasteiger partial charge in [0.1, 0.15) is 11.4 Å². The maximum absolute atomic E-state index is 13.1. The van der Waals surface area contributed by atoms with Gasteiger partial charge in [-0.3, -0.25) is 4.79 Å². The van der Waals surface area contributed by atoms with Crippen molar-refractivity contribution in [3.63, 3.8) is 0 Å². The number of carbonyl (C=O) groups excluding carboxylic acids is 1. The first-order valence-electron chi connectivity index (χ1n) is 6.00. The molecular weight excluding hydrogens is 263 g/mol. The van der Waals surface area contributed by atoms with Gasteiger partial charge in [0.25, 0.3) is 0 Å². The zero-order valence-corrected chi connectivity index (χ0v) is 11.1. The van der Waals surface area contributed by atoms with Crippen molar-refractivity contribution in [1.82, 2.24) is 0 Å². The van der Waals surface area contributed by atoms with Crippen LogP contribution in [0.15, 0.2) is 40.8 Å². The lowest BCUT2D eigenvalue weighted by molar-refractivity contribution is 0.101. The number of furan rings is 1. The highest BCUT2D eigenvalue weighted by atomic mass is 32.1. The Morgan fingerprint density at radius 3 is 2.84 bits per heavy atom. The largest absolute Gasteiger partial charge is 0.453 e. The molecule has 0 unspecified atom stereocenters. The maximum Gasteiger partial charge on any atom is 0.238 e. The van der Waals surface area contributed by atoms with Gasteiger partial charge in [-0.15, -0.1) is 11.3 Å². The zero-order valence-electron chi connectivity index (χ0n) is 10.3. The molecule has 3 rings (SSSR count). The first kappa shape index (κ1) is 12.1. The molecule has 2 aromatic heterocycles. The molecule has 0 aliphatic rings. The Bertz CT molecular complexity index is 754. The summed E-state index contributed by atoms with van der Waals surface area (Å²) in [6.45, 7) is 2.05. The summed E-state index contributed by atoms with van der Waals surface area (Å²) in [7, 11) is 0. The van der Waals surface area contributed by atoms with Gasteiger partial charge in [-0.2, -0.15) is 0 Å². The molecule has 0 aliphatic heterocycles. The predicted octanol–water partition coefficient (Wildman–Crippen LogP) is 4.43. The molecule has 0 amide bonds. The van der Waals surface area contributed by atoms with Crippen LogP contribution in [0, 0.1) is 5.82 Å². The summed E-state index contributed by atoms with van der Waals surface area (Å²) in [5, 5.41) is 0.607. The number of hydrogen-bond acceptors (Lipinski definition) is 3. The first-order chi connectivity index (χ1) is 9.17. The van der Waals surface area contributed by atoms with Crippen molar-refractivity contribution >= 4 is 28.1 Å². The summed E-state index contributed by atoms with van der Waals surface area (Å²) >= 11 is 1.47. The summed E-state index contributed by atoms with van der Waals surface area (Å²) < 4.78 is 18.6. The molecule has 96 valence electrons. The van der Waals surface area contributed by atoms with Crippen molar-refractivity contribution in [3.8, 4) is 0 Å². The molecule has 19 heavy (non-hydrogen) atoms. The Balaban J connectivity index is 2.01. The Labute approximate surface area is 113 Å². The second-order valence-electron chi connectivity index (χ2n) is 4.24. The Morgan fingerprint density at radius 2 is 2.11 bits per heavy atom. The van der Waals surface area contributed by atoms with E-state index in [-0.39, 0.29) is 17.4 Å². The van der Waals surface area contributed by atoms with Crippen molar-refractivity contribution in [2.75, 3.05) is 0 Å². The van der Waals surface area contributed by atoms with Crippen LogP contribution in [0.25, 0.3) is 11.0 Å². The summed E-state index contributed by atoms with van der Waals surface area (Å²) in [6.07, 6.45) is 0.906. The Hall–Kier alpha value is -1.94. The van der Waals surface area contributed by atoms with Gasteiger partial charge in [0.05, 0.1) is 4.88 Å². The molecule has 0 aliphatic carbocycles. The van der Waals surface area contributed by atoms with Gasteiger partial charge in [0.15, 0.2) is 5.76 Å². The standard InChI is InChI=1S/C15H11FO2S/c1-2-11-4-6-14(19-11)15(17)13-8-9-7-10(16)3-5-12(9)18-13/h3-8H,2H2,1H3. The van der Waals surface area contributed by atoms with Crippen LogP contribution < -0.4 is 0 Å². The van der Waals surface area contributed by atoms with E-state index in [0.29, 0.717) is 15.8 Å². The highest BCUT2D eigenvalue weighted by molar-refractivity contribution is 7.14. The summed E-state index contributed by atoms with van der Waals surface area (Å²) in [5.74, 6) is -0.233. The molecule has 0 spiro atoms. The number of hydrogen-bond donors (Lipinski definition) is 0. The number of thiophene rings is 1. The van der Waals surface area contributed by atoms with Crippen molar-refractivity contribution < 1.29 is 13.6 Å². The van der Waals surface area contributed by atoms with Crippen LogP contribution in [-0.2, 0) is 6.42 Å². The fourth-order valence-electron chi connectivity index (χ4n) is 1.94. The number of halogens is 1. The van der Waals surface area contributed by atoms with Crippen molar-refractivity contribution in [1.29, 1.82) is 0 Å². The summed E-state index contributed by atoms with van der Waals surface area (Å²) in [5.41, 5.74) is 0.525. The van der Waals surface area contributed by atoms with Gasteiger partial charge in [-0.25, -0.2) is 4.39 Å². The average Bonchev–Trinajstić information content (AvgIpc) is 3.03. The number of ketones is 1. The minimum atomic E-state index is -0.336. The SMILES string of the molecule is CCc1ccc(C(=O)c2cc3cc(F)ccc3o2)s1. The predicted molar refractivity (Wildman–Crippen MR) is 73.3 cm³/mol. The van der Waals surface area contributed by atoms with E-state index < -0.39 is 0 Å². The third kappa shape index (κ3) is 2.19. The van der Waals surface area contributed by atoms with Crippen LogP contribution in [0.3, 0.4) is 0 Å². The minimum Gasteiger partial charge on any atom is -0.453 e. The van der Waals surface area contributed by atoms with E-state index in [1.165, 1.54) is 29.5 Å². The van der Waals surface area contributed by atoms with Crippen LogP contribution in [0.5, 0.6) is 0 Å². The number of benzene rings is 1. The van der Waals surface area contributed by atoms with Crippen LogP contribution in [0.1, 0.15) is 27.2 Å². The number of aryl methyl sites for hydroxylation is 1. The van der Waals surface area contributed by atoms with E-state index in [9.17, 15) is 9.18 Å². The summed E-state index contributed by atoms with van der Waals surface area (Å²) in [6, 6.07) is 9.56. The van der Waals surface area contributed by atoms with E-state index >= 15 is 0 Å². The molecule has 4 heteroatoms. The Morgan fingerprint density at radius 1 is 1.26 bits per heavy atom. The molecule has 0 fully saturated rings. The highest BCUT2D eigenvalue weighted by Gasteiger charge is 2.16. The third-order valence-electron chi connectivity index (χ3n) is 2.94. The van der Waals surface area contributed by atoms with Gasteiger partial charge in [-0.05, 0) is 42.8 Å². The molecule has 2 nitrogen and oxygen atoms in total. The molecule has 1 aromatic carbocycles. The lowest BCUT2D eigenvalue weighted by Crippen LogP contribution is -1.95. The number of rotatable bonds is 3. The molecule has 3 aromatic rings. The van der Waals surface area contributed by atoms with Gasteiger partial charge in [-0.1, -0.05) is 6.92 Å². The maximum atomic E-state index is 13.1. The van der Waals surface area contributed by atoms with Crippen molar-refractivity contribution in [2.45, 2.75) is 13.3 Å². The molecular formula is C15H11FO2S. The second kappa shape index (κ2) is 4.63. The van der Waals surface area contributed by atoms with E-state index in [1.54, 1.807) is 12.1 Å². The second-order valence-corrected chi connectivity index (χ2v) is 5.41. The average molecular weight is 274 g/mol. The molecule has 0 atom stereocenters. The normalized spacial score (nSPS) is 11.1. The highest BCUT2D eigenvalue weighted by Crippen LogP contribution is 2.25. The van der Waals surface area contributed by atoms with Gasteiger partial charge in [0, 0.05) is 10.3 Å². The molecule has 0 N–H and O–H groups in total. The fraction of sp³-hybridized carbons (Fsp3) is 0.133. The van der Waals surface area contributed by atoms with Crippen molar-refractivity contribution in [2.24, 2.45) is 0 Å². The van der Waals surface area contributed by atoms with Gasteiger partial charge in [0.2, 0.25) is 5.78 Å². The smallest absolute Gasteiger partial charge is 0.238 e. The van der Waals surface area contributed by atoms with Gasteiger partial charge < -0.3 is 4.42 Å². The molecule has 0 radical (unpaired) electrons. The zero-order chi connectivity index (χ0) is 13.4. The minimum absolute atomic E-state index is 0.152. The molecule has 0 saturated heterocycles. The quantitative estimate of drug-likeness (QED) is 0.661. The number of carbonyl (C=O) groups is 1.